The summed E-state index contributed by atoms with van der Waals surface area (Å²) in [5.41, 5.74) is 0.262. The lowest BCUT2D eigenvalue weighted by molar-refractivity contribution is 0.222. The summed E-state index contributed by atoms with van der Waals surface area (Å²) in [5, 5.41) is 2.88. The van der Waals surface area contributed by atoms with Gasteiger partial charge in [-0.05, 0) is 37.6 Å². The normalized spacial score (nSPS) is 10.8. The molecule has 0 aliphatic heterocycles. The first-order valence-corrected chi connectivity index (χ1v) is 6.98. The standard InChI is InChI=1S/C12H10Cl3FN4O/c1-5(2)21-12-19-10(15)18-11(20-12)17-9-7(13)3-6(16)4-8(9)14/h3-5H,1-2H3,(H,17,18,19,20). The monoisotopic (exact) mass is 350 g/mol. The van der Waals surface area contributed by atoms with Gasteiger partial charge in [0.1, 0.15) is 5.82 Å². The molecule has 112 valence electrons. The molecule has 0 atom stereocenters. The van der Waals surface area contributed by atoms with Crippen LogP contribution in [-0.4, -0.2) is 21.1 Å². The van der Waals surface area contributed by atoms with Gasteiger partial charge in [-0.2, -0.15) is 15.0 Å². The predicted octanol–water partition coefficient (Wildman–Crippen LogP) is 4.50. The minimum Gasteiger partial charge on any atom is -0.461 e. The largest absolute Gasteiger partial charge is 0.461 e. The van der Waals surface area contributed by atoms with Crippen LogP contribution in [0, 0.1) is 5.82 Å². The molecule has 2 rings (SSSR count). The van der Waals surface area contributed by atoms with Gasteiger partial charge in [-0.1, -0.05) is 23.2 Å². The van der Waals surface area contributed by atoms with Gasteiger partial charge >= 0.3 is 6.01 Å². The Hall–Kier alpha value is -1.37. The van der Waals surface area contributed by atoms with Crippen LogP contribution in [0.5, 0.6) is 6.01 Å². The van der Waals surface area contributed by atoms with Crippen molar-refractivity contribution in [2.75, 3.05) is 5.32 Å². The van der Waals surface area contributed by atoms with Crippen LogP contribution in [-0.2, 0) is 0 Å². The third-order valence-corrected chi connectivity index (χ3v) is 2.94. The van der Waals surface area contributed by atoms with Gasteiger partial charge in [0.15, 0.2) is 0 Å². The molecule has 9 heteroatoms. The number of nitrogens with zero attached hydrogens (tertiary/aromatic N) is 3. The van der Waals surface area contributed by atoms with E-state index in [1.54, 1.807) is 0 Å². The van der Waals surface area contributed by atoms with Crippen molar-refractivity contribution in [2.45, 2.75) is 20.0 Å². The molecule has 2 aromatic rings. The topological polar surface area (TPSA) is 59.9 Å². The summed E-state index contributed by atoms with van der Waals surface area (Å²) in [7, 11) is 0. The van der Waals surface area contributed by atoms with E-state index in [4.69, 9.17) is 39.5 Å². The van der Waals surface area contributed by atoms with Crippen molar-refractivity contribution in [1.82, 2.24) is 15.0 Å². The van der Waals surface area contributed by atoms with Gasteiger partial charge in [-0.3, -0.25) is 0 Å². The van der Waals surface area contributed by atoms with Crippen LogP contribution in [0.4, 0.5) is 16.0 Å². The Morgan fingerprint density at radius 1 is 1.10 bits per heavy atom. The quantitative estimate of drug-likeness (QED) is 0.878. The number of anilines is 2. The molecule has 0 spiro atoms. The highest BCUT2D eigenvalue weighted by Gasteiger charge is 2.13. The molecule has 0 aliphatic rings. The Kier molecular flexibility index (Phi) is 5.03. The Labute approximate surface area is 135 Å². The van der Waals surface area contributed by atoms with E-state index in [0.717, 1.165) is 12.1 Å². The zero-order valence-corrected chi connectivity index (χ0v) is 13.3. The van der Waals surface area contributed by atoms with E-state index < -0.39 is 5.82 Å². The van der Waals surface area contributed by atoms with Gasteiger partial charge in [0.05, 0.1) is 21.8 Å². The molecule has 0 amide bonds. The molecule has 0 fully saturated rings. The van der Waals surface area contributed by atoms with Crippen molar-refractivity contribution in [3.05, 3.63) is 33.3 Å². The number of ether oxygens (including phenoxy) is 1. The van der Waals surface area contributed by atoms with Crippen LogP contribution in [0.15, 0.2) is 12.1 Å². The number of rotatable bonds is 4. The summed E-state index contributed by atoms with van der Waals surface area (Å²) in [6, 6.07) is 2.29. The number of hydrogen-bond acceptors (Lipinski definition) is 5. The molecule has 0 radical (unpaired) electrons. The lowest BCUT2D eigenvalue weighted by Gasteiger charge is -2.11. The maximum Gasteiger partial charge on any atom is 0.322 e. The molecule has 1 N–H and O–H groups in total. The Balaban J connectivity index is 2.33. The molecular weight excluding hydrogens is 342 g/mol. The van der Waals surface area contributed by atoms with E-state index in [-0.39, 0.29) is 39.1 Å². The average Bonchev–Trinajstić information content (AvgIpc) is 2.32. The maximum absolute atomic E-state index is 13.1. The summed E-state index contributed by atoms with van der Waals surface area (Å²) in [4.78, 5) is 11.7. The summed E-state index contributed by atoms with van der Waals surface area (Å²) in [6.45, 7) is 3.64. The molecule has 0 unspecified atom stereocenters. The lowest BCUT2D eigenvalue weighted by Crippen LogP contribution is -2.10. The fraction of sp³-hybridized carbons (Fsp3) is 0.250. The van der Waals surface area contributed by atoms with Gasteiger partial charge < -0.3 is 10.1 Å². The first-order chi connectivity index (χ1) is 9.85. The Bertz CT molecular complexity index is 646. The van der Waals surface area contributed by atoms with E-state index in [1.165, 1.54) is 0 Å². The number of hydrogen-bond donors (Lipinski definition) is 1. The zero-order valence-electron chi connectivity index (χ0n) is 11.0. The van der Waals surface area contributed by atoms with Crippen molar-refractivity contribution in [3.8, 4) is 6.01 Å². The summed E-state index contributed by atoms with van der Waals surface area (Å²) in [5.74, 6) is -0.464. The highest BCUT2D eigenvalue weighted by atomic mass is 35.5. The molecule has 1 aromatic carbocycles. The lowest BCUT2D eigenvalue weighted by atomic mass is 10.3. The molecule has 21 heavy (non-hydrogen) atoms. The second kappa shape index (κ2) is 6.60. The third-order valence-electron chi connectivity index (χ3n) is 2.17. The van der Waals surface area contributed by atoms with Crippen LogP contribution in [0.3, 0.4) is 0 Å². The van der Waals surface area contributed by atoms with E-state index in [0.29, 0.717) is 0 Å². The van der Waals surface area contributed by atoms with Crippen molar-refractivity contribution < 1.29 is 9.13 Å². The van der Waals surface area contributed by atoms with Gasteiger partial charge in [0.2, 0.25) is 11.2 Å². The molecule has 5 nitrogen and oxygen atoms in total. The summed E-state index contributed by atoms with van der Waals surface area (Å²) < 4.78 is 18.5. The van der Waals surface area contributed by atoms with Crippen LogP contribution < -0.4 is 10.1 Å². The van der Waals surface area contributed by atoms with E-state index in [1.807, 2.05) is 13.8 Å². The van der Waals surface area contributed by atoms with Crippen molar-refractivity contribution in [2.24, 2.45) is 0 Å². The number of benzene rings is 1. The maximum atomic E-state index is 13.1. The van der Waals surface area contributed by atoms with Gasteiger partial charge in [-0.15, -0.1) is 0 Å². The van der Waals surface area contributed by atoms with E-state index >= 15 is 0 Å². The van der Waals surface area contributed by atoms with Crippen molar-refractivity contribution in [3.63, 3.8) is 0 Å². The van der Waals surface area contributed by atoms with Gasteiger partial charge in [0, 0.05) is 0 Å². The zero-order chi connectivity index (χ0) is 15.6. The second-order valence-corrected chi connectivity index (χ2v) is 5.40. The van der Waals surface area contributed by atoms with Gasteiger partial charge in [0.25, 0.3) is 0 Å². The van der Waals surface area contributed by atoms with E-state index in [9.17, 15) is 4.39 Å². The number of nitrogens with one attached hydrogen (secondary N) is 1. The smallest absolute Gasteiger partial charge is 0.322 e. The number of halogens is 4. The molecule has 0 saturated carbocycles. The van der Waals surface area contributed by atoms with Gasteiger partial charge in [-0.25, -0.2) is 4.39 Å². The minimum absolute atomic E-state index is 0.0573. The molecule has 0 aliphatic carbocycles. The van der Waals surface area contributed by atoms with Crippen LogP contribution in [0.25, 0.3) is 0 Å². The second-order valence-electron chi connectivity index (χ2n) is 4.25. The highest BCUT2D eigenvalue weighted by Crippen LogP contribution is 2.33. The predicted molar refractivity (Wildman–Crippen MR) is 80.3 cm³/mol. The van der Waals surface area contributed by atoms with Crippen LogP contribution in [0.2, 0.25) is 15.3 Å². The molecule has 0 saturated heterocycles. The molecule has 0 bridgehead atoms. The molecule has 1 aromatic heterocycles. The van der Waals surface area contributed by atoms with E-state index in [2.05, 4.69) is 20.3 Å². The highest BCUT2D eigenvalue weighted by molar-refractivity contribution is 6.39. The minimum atomic E-state index is -0.548. The Morgan fingerprint density at radius 3 is 2.29 bits per heavy atom. The summed E-state index contributed by atoms with van der Waals surface area (Å²) >= 11 is 17.6. The summed E-state index contributed by atoms with van der Waals surface area (Å²) in [6.07, 6.45) is -0.130. The van der Waals surface area contributed by atoms with Crippen LogP contribution in [0.1, 0.15) is 13.8 Å². The van der Waals surface area contributed by atoms with Crippen molar-refractivity contribution in [1.29, 1.82) is 0 Å². The molecular formula is C12H10Cl3FN4O. The third kappa shape index (κ3) is 4.30. The average molecular weight is 352 g/mol. The first kappa shape index (κ1) is 16.0. The molecule has 1 heterocycles. The van der Waals surface area contributed by atoms with Crippen LogP contribution >= 0.6 is 34.8 Å². The fourth-order valence-electron chi connectivity index (χ4n) is 1.42. The Morgan fingerprint density at radius 2 is 1.71 bits per heavy atom. The first-order valence-electron chi connectivity index (χ1n) is 5.85. The SMILES string of the molecule is CC(C)Oc1nc(Cl)nc(Nc2c(Cl)cc(F)cc2Cl)n1. The van der Waals surface area contributed by atoms with Crippen molar-refractivity contribution >= 4 is 46.4 Å². The fourth-order valence-corrected chi connectivity index (χ4v) is 2.13. The number of aromatic nitrogens is 3.